The standard InChI is InChI=1S/C13H20N2O3S/c1-2-15(12-5-6-12)19(16,17)10-9-18-13-7-3-11(14)4-8-13/h3-4,7-8,12H,2,5-6,9-10,14H2,1H3. The van der Waals surface area contributed by atoms with Crippen molar-refractivity contribution in [3.63, 3.8) is 0 Å². The highest BCUT2D eigenvalue weighted by molar-refractivity contribution is 7.89. The zero-order valence-electron chi connectivity index (χ0n) is 11.1. The normalized spacial score (nSPS) is 15.7. The van der Waals surface area contributed by atoms with E-state index in [1.165, 1.54) is 0 Å². The number of hydrogen-bond donors (Lipinski definition) is 1. The Balaban J connectivity index is 1.85. The van der Waals surface area contributed by atoms with E-state index in [2.05, 4.69) is 0 Å². The zero-order valence-corrected chi connectivity index (χ0v) is 11.9. The van der Waals surface area contributed by atoms with Gasteiger partial charge in [0.05, 0.1) is 5.75 Å². The van der Waals surface area contributed by atoms with Gasteiger partial charge in [-0.3, -0.25) is 0 Å². The van der Waals surface area contributed by atoms with E-state index in [1.54, 1.807) is 28.6 Å². The molecule has 0 amide bonds. The smallest absolute Gasteiger partial charge is 0.217 e. The summed E-state index contributed by atoms with van der Waals surface area (Å²) in [5, 5.41) is 0. The predicted molar refractivity (Wildman–Crippen MR) is 75.5 cm³/mol. The van der Waals surface area contributed by atoms with Crippen LogP contribution >= 0.6 is 0 Å². The van der Waals surface area contributed by atoms with Crippen molar-refractivity contribution >= 4 is 15.7 Å². The lowest BCUT2D eigenvalue weighted by Gasteiger charge is -2.19. The fourth-order valence-corrected chi connectivity index (χ4v) is 3.58. The molecule has 106 valence electrons. The van der Waals surface area contributed by atoms with Gasteiger partial charge in [-0.25, -0.2) is 8.42 Å². The minimum atomic E-state index is -3.20. The predicted octanol–water partition coefficient (Wildman–Crippen LogP) is 1.46. The van der Waals surface area contributed by atoms with Crippen LogP contribution in [-0.2, 0) is 10.0 Å². The molecule has 6 heteroatoms. The van der Waals surface area contributed by atoms with Gasteiger partial charge in [0.2, 0.25) is 10.0 Å². The number of nitrogens with zero attached hydrogens (tertiary/aromatic N) is 1. The molecule has 19 heavy (non-hydrogen) atoms. The molecule has 0 saturated heterocycles. The van der Waals surface area contributed by atoms with E-state index in [1.807, 2.05) is 6.92 Å². The van der Waals surface area contributed by atoms with Gasteiger partial charge in [0.15, 0.2) is 0 Å². The van der Waals surface area contributed by atoms with Crippen LogP contribution in [0.4, 0.5) is 5.69 Å². The van der Waals surface area contributed by atoms with Crippen LogP contribution in [-0.4, -0.2) is 37.7 Å². The molecule has 0 unspecified atom stereocenters. The lowest BCUT2D eigenvalue weighted by Crippen LogP contribution is -2.36. The number of ether oxygens (including phenoxy) is 1. The summed E-state index contributed by atoms with van der Waals surface area (Å²) >= 11 is 0. The number of nitrogens with two attached hydrogens (primary N) is 1. The fourth-order valence-electron chi connectivity index (χ4n) is 1.99. The minimum Gasteiger partial charge on any atom is -0.492 e. The van der Waals surface area contributed by atoms with Gasteiger partial charge in [0.1, 0.15) is 12.4 Å². The highest BCUT2D eigenvalue weighted by atomic mass is 32.2. The Morgan fingerprint density at radius 2 is 1.95 bits per heavy atom. The maximum absolute atomic E-state index is 12.1. The average Bonchev–Trinajstić information content (AvgIpc) is 3.16. The van der Waals surface area contributed by atoms with Crippen LogP contribution in [0.2, 0.25) is 0 Å². The Kier molecular flexibility index (Phi) is 4.31. The molecule has 0 radical (unpaired) electrons. The van der Waals surface area contributed by atoms with Crippen LogP contribution in [0.1, 0.15) is 19.8 Å². The van der Waals surface area contributed by atoms with Crippen molar-refractivity contribution in [2.75, 3.05) is 24.6 Å². The minimum absolute atomic E-state index is 0.0156. The van der Waals surface area contributed by atoms with Gasteiger partial charge < -0.3 is 10.5 Å². The number of hydrogen-bond acceptors (Lipinski definition) is 4. The first-order chi connectivity index (χ1) is 9.03. The van der Waals surface area contributed by atoms with Crippen molar-refractivity contribution in [2.45, 2.75) is 25.8 Å². The second kappa shape index (κ2) is 5.79. The molecule has 1 saturated carbocycles. The first kappa shape index (κ1) is 14.1. The fraction of sp³-hybridized carbons (Fsp3) is 0.538. The van der Waals surface area contributed by atoms with Gasteiger partial charge in [-0.05, 0) is 37.1 Å². The van der Waals surface area contributed by atoms with Crippen molar-refractivity contribution in [1.82, 2.24) is 4.31 Å². The van der Waals surface area contributed by atoms with Gasteiger partial charge in [0, 0.05) is 18.3 Å². The summed E-state index contributed by atoms with van der Waals surface area (Å²) < 4.78 is 31.2. The Hall–Kier alpha value is -1.27. The quantitative estimate of drug-likeness (QED) is 0.769. The molecule has 0 heterocycles. The maximum Gasteiger partial charge on any atom is 0.217 e. The molecule has 0 aliphatic heterocycles. The first-order valence-corrected chi connectivity index (χ1v) is 8.11. The Bertz CT molecular complexity index is 509. The van der Waals surface area contributed by atoms with Gasteiger partial charge in [0.25, 0.3) is 0 Å². The first-order valence-electron chi connectivity index (χ1n) is 6.51. The van der Waals surface area contributed by atoms with Gasteiger partial charge >= 0.3 is 0 Å². The monoisotopic (exact) mass is 284 g/mol. The van der Waals surface area contributed by atoms with Crippen molar-refractivity contribution in [3.8, 4) is 5.75 Å². The molecule has 1 fully saturated rings. The molecular weight excluding hydrogens is 264 g/mol. The van der Waals surface area contributed by atoms with Gasteiger partial charge in [-0.1, -0.05) is 6.92 Å². The SMILES string of the molecule is CCN(C1CC1)S(=O)(=O)CCOc1ccc(N)cc1. The molecule has 2 N–H and O–H groups in total. The summed E-state index contributed by atoms with van der Waals surface area (Å²) in [7, 11) is -3.20. The van der Waals surface area contributed by atoms with Crippen molar-refractivity contribution < 1.29 is 13.2 Å². The lowest BCUT2D eigenvalue weighted by atomic mass is 10.3. The molecule has 0 bridgehead atoms. The summed E-state index contributed by atoms with van der Waals surface area (Å²) in [4.78, 5) is 0. The van der Waals surface area contributed by atoms with Crippen molar-refractivity contribution in [3.05, 3.63) is 24.3 Å². The molecule has 0 aromatic heterocycles. The molecule has 1 aliphatic rings. The molecule has 1 aromatic carbocycles. The highest BCUT2D eigenvalue weighted by Gasteiger charge is 2.35. The third-order valence-corrected chi connectivity index (χ3v) is 5.07. The number of sulfonamides is 1. The highest BCUT2D eigenvalue weighted by Crippen LogP contribution is 2.29. The third kappa shape index (κ3) is 3.84. The largest absolute Gasteiger partial charge is 0.492 e. The van der Waals surface area contributed by atoms with Crippen LogP contribution in [0.5, 0.6) is 5.75 Å². The number of rotatable bonds is 7. The average molecular weight is 284 g/mol. The Morgan fingerprint density at radius 3 is 2.47 bits per heavy atom. The van der Waals surface area contributed by atoms with Crippen LogP contribution in [0.15, 0.2) is 24.3 Å². The van der Waals surface area contributed by atoms with Crippen LogP contribution in [0, 0.1) is 0 Å². The van der Waals surface area contributed by atoms with E-state index in [0.717, 1.165) is 12.8 Å². The molecule has 1 aliphatic carbocycles. The number of benzene rings is 1. The summed E-state index contributed by atoms with van der Waals surface area (Å²) in [6.07, 6.45) is 1.96. The van der Waals surface area contributed by atoms with E-state index in [0.29, 0.717) is 18.0 Å². The Labute approximate surface area is 114 Å². The molecule has 5 nitrogen and oxygen atoms in total. The summed E-state index contributed by atoms with van der Waals surface area (Å²) in [6.45, 7) is 2.57. The Morgan fingerprint density at radius 1 is 1.32 bits per heavy atom. The van der Waals surface area contributed by atoms with Gasteiger partial charge in [-0.15, -0.1) is 0 Å². The van der Waals surface area contributed by atoms with Crippen molar-refractivity contribution in [1.29, 1.82) is 0 Å². The molecule has 2 rings (SSSR count). The van der Waals surface area contributed by atoms with E-state index >= 15 is 0 Å². The molecule has 0 spiro atoms. The van der Waals surface area contributed by atoms with Gasteiger partial charge in [-0.2, -0.15) is 4.31 Å². The number of anilines is 1. The van der Waals surface area contributed by atoms with E-state index in [-0.39, 0.29) is 18.4 Å². The number of nitrogen functional groups attached to an aromatic ring is 1. The molecule has 1 aromatic rings. The van der Waals surface area contributed by atoms with Crippen molar-refractivity contribution in [2.24, 2.45) is 0 Å². The summed E-state index contributed by atoms with van der Waals surface area (Å²) in [6, 6.07) is 7.14. The van der Waals surface area contributed by atoms with Crippen LogP contribution < -0.4 is 10.5 Å². The van der Waals surface area contributed by atoms with E-state index < -0.39 is 10.0 Å². The van der Waals surface area contributed by atoms with E-state index in [4.69, 9.17) is 10.5 Å². The summed E-state index contributed by atoms with van der Waals surface area (Å²) in [5.74, 6) is 0.653. The third-order valence-electron chi connectivity index (χ3n) is 3.11. The van der Waals surface area contributed by atoms with Crippen LogP contribution in [0.25, 0.3) is 0 Å². The lowest BCUT2D eigenvalue weighted by molar-refractivity contribution is 0.334. The zero-order chi connectivity index (χ0) is 13.9. The molecular formula is C13H20N2O3S. The second-order valence-electron chi connectivity index (χ2n) is 4.67. The maximum atomic E-state index is 12.1. The van der Waals surface area contributed by atoms with E-state index in [9.17, 15) is 8.42 Å². The summed E-state index contributed by atoms with van der Waals surface area (Å²) in [5.41, 5.74) is 6.22. The topological polar surface area (TPSA) is 72.6 Å². The molecule has 0 atom stereocenters. The second-order valence-corrected chi connectivity index (χ2v) is 6.71. The van der Waals surface area contributed by atoms with Crippen LogP contribution in [0.3, 0.4) is 0 Å².